The second kappa shape index (κ2) is 7.58. The highest BCUT2D eigenvalue weighted by molar-refractivity contribution is 7.17. The van der Waals surface area contributed by atoms with E-state index in [1.54, 1.807) is 6.92 Å². The molecule has 1 aromatic carbocycles. The molecular formula is C13H12F3N3O3S. The summed E-state index contributed by atoms with van der Waals surface area (Å²) in [5, 5.41) is 10.3. The number of para-hydroxylation sites is 1. The van der Waals surface area contributed by atoms with E-state index in [4.69, 9.17) is 15.6 Å². The number of thiazole rings is 1. The van der Waals surface area contributed by atoms with Crippen LogP contribution in [0.15, 0.2) is 30.3 Å². The maximum absolute atomic E-state index is 11.9. The molecule has 0 aliphatic rings. The molecule has 1 aromatic heterocycles. The lowest BCUT2D eigenvalue weighted by Gasteiger charge is -2.02. The fourth-order valence-corrected chi connectivity index (χ4v) is 2.07. The number of carbonyl (C=O) groups excluding carboxylic acids is 1. The number of aliphatic carboxylic acids is 1. The predicted molar refractivity (Wildman–Crippen MR) is 79.3 cm³/mol. The van der Waals surface area contributed by atoms with E-state index in [0.717, 1.165) is 5.69 Å². The lowest BCUT2D eigenvalue weighted by Crippen LogP contribution is -2.21. The van der Waals surface area contributed by atoms with E-state index in [2.05, 4.69) is 10.3 Å². The minimum atomic E-state index is -5.08. The lowest BCUT2D eigenvalue weighted by atomic mass is 10.3. The summed E-state index contributed by atoms with van der Waals surface area (Å²) >= 11 is 1.20. The molecule has 0 aliphatic heterocycles. The third-order valence-corrected chi connectivity index (χ3v) is 3.28. The third-order valence-electron chi connectivity index (χ3n) is 2.29. The molecule has 4 N–H and O–H groups in total. The maximum Gasteiger partial charge on any atom is 0.490 e. The molecule has 0 spiro atoms. The maximum atomic E-state index is 11.9. The van der Waals surface area contributed by atoms with Crippen LogP contribution in [0, 0.1) is 6.92 Å². The van der Waals surface area contributed by atoms with Gasteiger partial charge in [-0.3, -0.25) is 4.79 Å². The first-order chi connectivity index (χ1) is 10.6. The van der Waals surface area contributed by atoms with Crippen LogP contribution < -0.4 is 11.1 Å². The Morgan fingerprint density at radius 2 is 1.78 bits per heavy atom. The van der Waals surface area contributed by atoms with Crippen LogP contribution in [-0.4, -0.2) is 28.1 Å². The van der Waals surface area contributed by atoms with Gasteiger partial charge >= 0.3 is 12.1 Å². The Balaban J connectivity index is 0.000000322. The van der Waals surface area contributed by atoms with E-state index in [1.165, 1.54) is 11.3 Å². The van der Waals surface area contributed by atoms with Crippen molar-refractivity contribution in [1.82, 2.24) is 4.98 Å². The summed E-state index contributed by atoms with van der Waals surface area (Å²) in [6.45, 7) is 1.77. The number of amides is 1. The number of nitrogen functional groups attached to an aromatic ring is 1. The first kappa shape index (κ1) is 18.4. The Labute approximate surface area is 132 Å². The summed E-state index contributed by atoms with van der Waals surface area (Å²) < 4.78 is 31.7. The van der Waals surface area contributed by atoms with E-state index in [9.17, 15) is 18.0 Å². The predicted octanol–water partition coefficient (Wildman–Crippen LogP) is 2.92. The summed E-state index contributed by atoms with van der Waals surface area (Å²) in [4.78, 5) is 25.3. The van der Waals surface area contributed by atoms with Crippen molar-refractivity contribution in [3.8, 4) is 0 Å². The number of nitrogens with zero attached hydrogens (tertiary/aromatic N) is 1. The monoisotopic (exact) mass is 347 g/mol. The molecule has 0 unspecified atom stereocenters. The average Bonchev–Trinajstić information content (AvgIpc) is 2.78. The fourth-order valence-electron chi connectivity index (χ4n) is 1.34. The lowest BCUT2D eigenvalue weighted by molar-refractivity contribution is -0.192. The number of nitrogens with two attached hydrogens (primary N) is 1. The van der Waals surface area contributed by atoms with Crippen molar-refractivity contribution in [1.29, 1.82) is 0 Å². The minimum Gasteiger partial charge on any atom is -0.475 e. The number of carboxylic acid groups (broad SMARTS) is 1. The number of benzene rings is 1. The van der Waals surface area contributed by atoms with Gasteiger partial charge in [0.05, 0.1) is 5.69 Å². The van der Waals surface area contributed by atoms with Gasteiger partial charge in [-0.25, -0.2) is 9.78 Å². The number of halogens is 3. The number of carboxylic acids is 1. The molecule has 10 heteroatoms. The molecule has 23 heavy (non-hydrogen) atoms. The molecule has 1 heterocycles. The quantitative estimate of drug-likeness (QED) is 0.775. The molecule has 0 bridgehead atoms. The molecule has 2 aromatic rings. The number of aromatic nitrogens is 1. The van der Waals surface area contributed by atoms with E-state index in [0.29, 0.717) is 15.7 Å². The van der Waals surface area contributed by atoms with Gasteiger partial charge in [0, 0.05) is 5.69 Å². The topological polar surface area (TPSA) is 105 Å². The Bertz CT molecular complexity index is 687. The SMILES string of the molecule is Cc1nc(N)sc1C(=O)Nc1ccccc1.O=C(O)C(F)(F)F. The van der Waals surface area contributed by atoms with Gasteiger partial charge in [0.1, 0.15) is 4.88 Å². The number of carbonyl (C=O) groups is 2. The molecule has 0 fully saturated rings. The number of anilines is 2. The van der Waals surface area contributed by atoms with Crippen molar-refractivity contribution in [3.05, 3.63) is 40.9 Å². The molecule has 0 aliphatic carbocycles. The normalized spacial score (nSPS) is 10.4. The van der Waals surface area contributed by atoms with Crippen molar-refractivity contribution in [2.24, 2.45) is 0 Å². The van der Waals surface area contributed by atoms with Crippen LogP contribution in [0.25, 0.3) is 0 Å². The second-order valence-electron chi connectivity index (χ2n) is 4.09. The van der Waals surface area contributed by atoms with Crippen LogP contribution >= 0.6 is 11.3 Å². The standard InChI is InChI=1S/C11H11N3OS.C2HF3O2/c1-7-9(16-11(12)13-7)10(15)14-8-5-3-2-4-6-8;3-2(4,5)1(6)7/h2-6H,1H3,(H2,12,13)(H,14,15);(H,6,7). The molecule has 2 rings (SSSR count). The van der Waals surface area contributed by atoms with Crippen molar-refractivity contribution in [2.45, 2.75) is 13.1 Å². The summed E-state index contributed by atoms with van der Waals surface area (Å²) in [6, 6.07) is 9.29. The van der Waals surface area contributed by atoms with E-state index < -0.39 is 12.1 Å². The van der Waals surface area contributed by atoms with Gasteiger partial charge in [-0.15, -0.1) is 0 Å². The molecule has 6 nitrogen and oxygen atoms in total. The number of nitrogens with one attached hydrogen (secondary N) is 1. The number of rotatable bonds is 2. The molecule has 1 amide bonds. The van der Waals surface area contributed by atoms with Gasteiger partial charge in [0.2, 0.25) is 0 Å². The molecule has 0 saturated heterocycles. The summed E-state index contributed by atoms with van der Waals surface area (Å²) in [7, 11) is 0. The van der Waals surface area contributed by atoms with Crippen LogP contribution in [0.3, 0.4) is 0 Å². The third kappa shape index (κ3) is 5.94. The van der Waals surface area contributed by atoms with E-state index >= 15 is 0 Å². The summed E-state index contributed by atoms with van der Waals surface area (Å²) in [6.07, 6.45) is -5.08. The van der Waals surface area contributed by atoms with Crippen LogP contribution in [0.1, 0.15) is 15.4 Å². The molecule has 124 valence electrons. The molecule has 0 radical (unpaired) electrons. The summed E-state index contributed by atoms with van der Waals surface area (Å²) in [5.41, 5.74) is 6.96. The molecule has 0 atom stereocenters. The Kier molecular flexibility index (Phi) is 6.08. The highest BCUT2D eigenvalue weighted by Crippen LogP contribution is 2.20. The summed E-state index contributed by atoms with van der Waals surface area (Å²) in [5.74, 6) is -2.93. The van der Waals surface area contributed by atoms with Gasteiger partial charge < -0.3 is 16.2 Å². The second-order valence-corrected chi connectivity index (χ2v) is 5.12. The van der Waals surface area contributed by atoms with Crippen LogP contribution in [0.5, 0.6) is 0 Å². The zero-order valence-electron chi connectivity index (χ0n) is 11.7. The van der Waals surface area contributed by atoms with Crippen molar-refractivity contribution in [3.63, 3.8) is 0 Å². The Hall–Kier alpha value is -2.62. The van der Waals surface area contributed by atoms with Crippen LogP contribution in [-0.2, 0) is 4.79 Å². The van der Waals surface area contributed by atoms with Crippen molar-refractivity contribution >= 4 is 34.0 Å². The van der Waals surface area contributed by atoms with Gasteiger partial charge in [-0.05, 0) is 19.1 Å². The van der Waals surface area contributed by atoms with Crippen molar-refractivity contribution in [2.75, 3.05) is 11.1 Å². The zero-order chi connectivity index (χ0) is 17.6. The van der Waals surface area contributed by atoms with E-state index in [-0.39, 0.29) is 5.91 Å². The van der Waals surface area contributed by atoms with Gasteiger partial charge in [-0.2, -0.15) is 13.2 Å². The van der Waals surface area contributed by atoms with E-state index in [1.807, 2.05) is 30.3 Å². The van der Waals surface area contributed by atoms with Gasteiger partial charge in [-0.1, -0.05) is 29.5 Å². The number of alkyl halides is 3. The Morgan fingerprint density at radius 1 is 1.26 bits per heavy atom. The zero-order valence-corrected chi connectivity index (χ0v) is 12.5. The number of hydrogen-bond acceptors (Lipinski definition) is 5. The Morgan fingerprint density at radius 3 is 2.17 bits per heavy atom. The highest BCUT2D eigenvalue weighted by atomic mass is 32.1. The average molecular weight is 347 g/mol. The van der Waals surface area contributed by atoms with Crippen molar-refractivity contribution < 1.29 is 27.9 Å². The van der Waals surface area contributed by atoms with Gasteiger partial charge in [0.25, 0.3) is 5.91 Å². The van der Waals surface area contributed by atoms with Crippen LogP contribution in [0.4, 0.5) is 24.0 Å². The fraction of sp³-hybridized carbons (Fsp3) is 0.154. The van der Waals surface area contributed by atoms with Crippen LogP contribution in [0.2, 0.25) is 0 Å². The first-order valence-electron chi connectivity index (χ1n) is 6.00. The van der Waals surface area contributed by atoms with Gasteiger partial charge in [0.15, 0.2) is 5.13 Å². The number of aryl methyl sites for hydroxylation is 1. The smallest absolute Gasteiger partial charge is 0.475 e. The highest BCUT2D eigenvalue weighted by Gasteiger charge is 2.38. The minimum absolute atomic E-state index is 0.169. The largest absolute Gasteiger partial charge is 0.490 e. The molecule has 0 saturated carbocycles. The first-order valence-corrected chi connectivity index (χ1v) is 6.82. The molecular weight excluding hydrogens is 335 g/mol. The number of hydrogen-bond donors (Lipinski definition) is 3.